The van der Waals surface area contributed by atoms with Crippen LogP contribution in [0, 0.1) is 10.1 Å². The van der Waals surface area contributed by atoms with Gasteiger partial charge in [0, 0.05) is 7.11 Å². The largest absolute Gasteiger partial charge is 0.393 e. The van der Waals surface area contributed by atoms with Crippen LogP contribution in [0.15, 0.2) is 18.2 Å². The van der Waals surface area contributed by atoms with Crippen molar-refractivity contribution in [3.63, 3.8) is 0 Å². The first kappa shape index (κ1) is 14.3. The minimum absolute atomic E-state index is 0.0163. The third kappa shape index (κ3) is 2.72. The molecule has 20 heavy (non-hydrogen) atoms. The van der Waals surface area contributed by atoms with Gasteiger partial charge in [-0.15, -0.1) is 0 Å². The summed E-state index contributed by atoms with van der Waals surface area (Å²) < 4.78 is 5.29. The Labute approximate surface area is 116 Å². The molecule has 108 valence electrons. The van der Waals surface area contributed by atoms with E-state index >= 15 is 0 Å². The van der Waals surface area contributed by atoms with Crippen molar-refractivity contribution in [2.75, 3.05) is 12.8 Å². The van der Waals surface area contributed by atoms with Gasteiger partial charge in [0.25, 0.3) is 5.91 Å². The van der Waals surface area contributed by atoms with Crippen LogP contribution in [0.4, 0.5) is 11.4 Å². The van der Waals surface area contributed by atoms with Crippen molar-refractivity contribution in [2.45, 2.75) is 31.4 Å². The van der Waals surface area contributed by atoms with Crippen LogP contribution in [0.3, 0.4) is 0 Å². The number of rotatable bonds is 4. The van der Waals surface area contributed by atoms with Crippen molar-refractivity contribution in [3.05, 3.63) is 33.9 Å². The summed E-state index contributed by atoms with van der Waals surface area (Å²) in [5.74, 6) is -0.488. The SMILES string of the molecule is COC1CCCC1NC(=O)c1cccc(N)c1[N+](=O)[O-]. The molecular weight excluding hydrogens is 262 g/mol. The number of nitrogens with one attached hydrogen (secondary N) is 1. The molecule has 0 aromatic heterocycles. The molecule has 2 unspecified atom stereocenters. The van der Waals surface area contributed by atoms with Gasteiger partial charge in [-0.25, -0.2) is 0 Å². The van der Waals surface area contributed by atoms with Crippen LogP contribution in [0.2, 0.25) is 0 Å². The first-order chi connectivity index (χ1) is 9.54. The molecule has 1 aromatic rings. The minimum Gasteiger partial charge on any atom is -0.393 e. The number of nitrogen functional groups attached to an aromatic ring is 1. The van der Waals surface area contributed by atoms with Gasteiger partial charge in [0.1, 0.15) is 11.3 Å². The molecule has 2 atom stereocenters. The number of para-hydroxylation sites is 1. The summed E-state index contributed by atoms with van der Waals surface area (Å²) in [4.78, 5) is 22.6. The zero-order valence-corrected chi connectivity index (χ0v) is 11.2. The molecule has 0 spiro atoms. The Bertz CT molecular complexity index is 532. The number of methoxy groups -OCH3 is 1. The first-order valence-electron chi connectivity index (χ1n) is 6.41. The number of carbonyl (C=O) groups is 1. The van der Waals surface area contributed by atoms with Crippen LogP contribution < -0.4 is 11.1 Å². The van der Waals surface area contributed by atoms with Crippen LogP contribution in [0.25, 0.3) is 0 Å². The van der Waals surface area contributed by atoms with E-state index in [2.05, 4.69) is 5.32 Å². The fourth-order valence-corrected chi connectivity index (χ4v) is 2.57. The third-order valence-corrected chi connectivity index (χ3v) is 3.57. The Morgan fingerprint density at radius 2 is 2.25 bits per heavy atom. The quantitative estimate of drug-likeness (QED) is 0.493. The molecule has 0 radical (unpaired) electrons. The van der Waals surface area contributed by atoms with Gasteiger partial charge in [0.15, 0.2) is 0 Å². The summed E-state index contributed by atoms with van der Waals surface area (Å²) in [7, 11) is 1.60. The summed E-state index contributed by atoms with van der Waals surface area (Å²) in [6.45, 7) is 0. The highest BCUT2D eigenvalue weighted by molar-refractivity contribution is 6.00. The van der Waals surface area contributed by atoms with E-state index in [0.29, 0.717) is 0 Å². The average Bonchev–Trinajstić information content (AvgIpc) is 2.85. The van der Waals surface area contributed by atoms with Crippen molar-refractivity contribution < 1.29 is 14.5 Å². The van der Waals surface area contributed by atoms with Crippen molar-refractivity contribution in [3.8, 4) is 0 Å². The van der Waals surface area contributed by atoms with Crippen molar-refractivity contribution in [1.82, 2.24) is 5.32 Å². The molecule has 1 saturated carbocycles. The van der Waals surface area contributed by atoms with Crippen LogP contribution in [-0.2, 0) is 4.74 Å². The van der Waals surface area contributed by atoms with E-state index in [0.717, 1.165) is 19.3 Å². The highest BCUT2D eigenvalue weighted by Gasteiger charge is 2.31. The smallest absolute Gasteiger partial charge is 0.304 e. The van der Waals surface area contributed by atoms with Crippen LogP contribution >= 0.6 is 0 Å². The number of ether oxygens (including phenoxy) is 1. The van der Waals surface area contributed by atoms with Gasteiger partial charge in [-0.05, 0) is 31.4 Å². The molecule has 0 bridgehead atoms. The zero-order valence-electron chi connectivity index (χ0n) is 11.2. The number of hydrogen-bond acceptors (Lipinski definition) is 5. The number of anilines is 1. The predicted molar refractivity (Wildman–Crippen MR) is 73.4 cm³/mol. The molecule has 7 heteroatoms. The van der Waals surface area contributed by atoms with E-state index in [-0.39, 0.29) is 29.1 Å². The van der Waals surface area contributed by atoms with Gasteiger partial charge in [0.05, 0.1) is 17.1 Å². The summed E-state index contributed by atoms with van der Waals surface area (Å²) in [6, 6.07) is 4.22. The molecule has 3 N–H and O–H groups in total. The Morgan fingerprint density at radius 1 is 1.50 bits per heavy atom. The predicted octanol–water partition coefficient (Wildman–Crippen LogP) is 1.47. The topological polar surface area (TPSA) is 107 Å². The molecule has 1 fully saturated rings. The first-order valence-corrected chi connectivity index (χ1v) is 6.41. The van der Waals surface area contributed by atoms with Crippen LogP contribution in [-0.4, -0.2) is 30.1 Å². The number of carbonyl (C=O) groups excluding carboxylic acids is 1. The standard InChI is InChI=1S/C13H17N3O4/c1-20-11-7-3-6-10(11)15-13(17)8-4-2-5-9(14)12(8)16(18)19/h2,4-5,10-11H,3,6-7,14H2,1H3,(H,15,17). The van der Waals surface area contributed by atoms with Gasteiger partial charge in [-0.1, -0.05) is 6.07 Å². The molecule has 1 aromatic carbocycles. The molecule has 1 amide bonds. The fourth-order valence-electron chi connectivity index (χ4n) is 2.57. The van der Waals surface area contributed by atoms with Gasteiger partial charge < -0.3 is 15.8 Å². The minimum atomic E-state index is -0.632. The molecule has 0 heterocycles. The second kappa shape index (κ2) is 5.87. The molecule has 1 aliphatic rings. The van der Waals surface area contributed by atoms with Crippen LogP contribution in [0.5, 0.6) is 0 Å². The van der Waals surface area contributed by atoms with Crippen molar-refractivity contribution in [1.29, 1.82) is 0 Å². The summed E-state index contributed by atoms with van der Waals surface area (Å²) >= 11 is 0. The van der Waals surface area contributed by atoms with Gasteiger partial charge in [-0.2, -0.15) is 0 Å². The second-order valence-electron chi connectivity index (χ2n) is 4.79. The highest BCUT2D eigenvalue weighted by Crippen LogP contribution is 2.27. The fraction of sp³-hybridized carbons (Fsp3) is 0.462. The molecule has 7 nitrogen and oxygen atoms in total. The van der Waals surface area contributed by atoms with E-state index in [1.807, 2.05) is 0 Å². The molecule has 2 rings (SSSR count). The Morgan fingerprint density at radius 3 is 2.90 bits per heavy atom. The maximum absolute atomic E-state index is 12.2. The normalized spacial score (nSPS) is 21.6. The molecule has 1 aliphatic carbocycles. The lowest BCUT2D eigenvalue weighted by molar-refractivity contribution is -0.384. The number of nitrogens with two attached hydrogens (primary N) is 1. The summed E-state index contributed by atoms with van der Waals surface area (Å²) in [5.41, 5.74) is 5.19. The Hall–Kier alpha value is -2.15. The van der Waals surface area contributed by atoms with E-state index in [1.54, 1.807) is 7.11 Å². The third-order valence-electron chi connectivity index (χ3n) is 3.57. The van der Waals surface area contributed by atoms with E-state index in [9.17, 15) is 14.9 Å². The Balaban J connectivity index is 2.21. The van der Waals surface area contributed by atoms with E-state index in [1.165, 1.54) is 18.2 Å². The van der Waals surface area contributed by atoms with Crippen molar-refractivity contribution in [2.24, 2.45) is 0 Å². The van der Waals surface area contributed by atoms with E-state index < -0.39 is 10.8 Å². The summed E-state index contributed by atoms with van der Waals surface area (Å²) in [5, 5.41) is 13.8. The number of amides is 1. The van der Waals surface area contributed by atoms with Gasteiger partial charge in [0.2, 0.25) is 0 Å². The van der Waals surface area contributed by atoms with Crippen molar-refractivity contribution >= 4 is 17.3 Å². The van der Waals surface area contributed by atoms with Gasteiger partial charge in [-0.3, -0.25) is 14.9 Å². The lowest BCUT2D eigenvalue weighted by Crippen LogP contribution is -2.40. The maximum Gasteiger partial charge on any atom is 0.304 e. The van der Waals surface area contributed by atoms with E-state index in [4.69, 9.17) is 10.5 Å². The second-order valence-corrected chi connectivity index (χ2v) is 4.79. The summed E-state index contributed by atoms with van der Waals surface area (Å²) in [6.07, 6.45) is 2.60. The number of hydrogen-bond donors (Lipinski definition) is 2. The van der Waals surface area contributed by atoms with Crippen LogP contribution in [0.1, 0.15) is 29.6 Å². The number of benzene rings is 1. The van der Waals surface area contributed by atoms with Gasteiger partial charge >= 0.3 is 5.69 Å². The Kier molecular flexibility index (Phi) is 4.19. The highest BCUT2D eigenvalue weighted by atomic mass is 16.6. The molecule has 0 saturated heterocycles. The molecule has 0 aliphatic heterocycles. The number of nitrogens with zero attached hydrogens (tertiary/aromatic N) is 1. The molecular formula is C13H17N3O4. The maximum atomic E-state index is 12.2. The number of nitro groups is 1. The average molecular weight is 279 g/mol. The number of nitro benzene ring substituents is 1. The lowest BCUT2D eigenvalue weighted by Gasteiger charge is -2.19. The monoisotopic (exact) mass is 279 g/mol. The lowest BCUT2D eigenvalue weighted by atomic mass is 10.1. The zero-order chi connectivity index (χ0) is 14.7.